The van der Waals surface area contributed by atoms with E-state index in [4.69, 9.17) is 9.47 Å². The van der Waals surface area contributed by atoms with Gasteiger partial charge in [0.15, 0.2) is 0 Å². The first kappa shape index (κ1) is 19.3. The Morgan fingerprint density at radius 1 is 1.07 bits per heavy atom. The number of aromatic nitrogens is 1. The van der Waals surface area contributed by atoms with Crippen LogP contribution in [0.15, 0.2) is 41.2 Å². The summed E-state index contributed by atoms with van der Waals surface area (Å²) in [7, 11) is 3.00. The van der Waals surface area contributed by atoms with Gasteiger partial charge in [-0.2, -0.15) is 0 Å². The summed E-state index contributed by atoms with van der Waals surface area (Å²) in [6, 6.07) is 8.23. The summed E-state index contributed by atoms with van der Waals surface area (Å²) in [5, 5.41) is 3.07. The Morgan fingerprint density at radius 3 is 2.36 bits per heavy atom. The van der Waals surface area contributed by atoms with Crippen LogP contribution in [-0.2, 0) is 6.42 Å². The first-order valence-corrected chi connectivity index (χ1v) is 8.45. The number of benzene rings is 2. The predicted octanol–water partition coefficient (Wildman–Crippen LogP) is 2.80. The minimum atomic E-state index is -0.946. The number of fused-ring (bicyclic) bond motifs is 1. The lowest BCUT2D eigenvalue weighted by molar-refractivity contribution is 0.0945. The van der Waals surface area contributed by atoms with E-state index in [1.165, 1.54) is 20.3 Å². The minimum Gasteiger partial charge on any atom is -0.496 e. The SMILES string of the molecule is COc1ccc(OC)c2[nH]c(=O)c(CCNC(=O)c3c(F)cccc3F)cc12. The maximum atomic E-state index is 13.7. The number of nitrogens with one attached hydrogen (secondary N) is 2. The van der Waals surface area contributed by atoms with Gasteiger partial charge in [0.05, 0.1) is 19.7 Å². The van der Waals surface area contributed by atoms with Crippen molar-refractivity contribution in [3.63, 3.8) is 0 Å². The van der Waals surface area contributed by atoms with Gasteiger partial charge < -0.3 is 19.8 Å². The second-order valence-corrected chi connectivity index (χ2v) is 5.99. The van der Waals surface area contributed by atoms with Gasteiger partial charge in [0, 0.05) is 17.5 Å². The van der Waals surface area contributed by atoms with Crippen LogP contribution in [0.5, 0.6) is 11.5 Å². The number of halogens is 2. The maximum Gasteiger partial charge on any atom is 0.257 e. The quantitative estimate of drug-likeness (QED) is 0.681. The number of rotatable bonds is 6. The molecule has 0 radical (unpaired) electrons. The van der Waals surface area contributed by atoms with E-state index in [2.05, 4.69) is 10.3 Å². The van der Waals surface area contributed by atoms with Crippen molar-refractivity contribution in [2.24, 2.45) is 0 Å². The zero-order valence-electron chi connectivity index (χ0n) is 15.3. The molecule has 146 valence electrons. The Bertz CT molecular complexity index is 1080. The average Bonchev–Trinajstić information content (AvgIpc) is 2.67. The molecule has 1 heterocycles. The molecule has 1 aromatic heterocycles. The summed E-state index contributed by atoms with van der Waals surface area (Å²) in [6.07, 6.45) is 0.160. The van der Waals surface area contributed by atoms with Gasteiger partial charge in [-0.05, 0) is 36.8 Å². The molecule has 28 heavy (non-hydrogen) atoms. The topological polar surface area (TPSA) is 80.4 Å². The van der Waals surface area contributed by atoms with Crippen LogP contribution >= 0.6 is 0 Å². The molecule has 0 saturated carbocycles. The molecule has 2 aromatic carbocycles. The van der Waals surface area contributed by atoms with Crippen LogP contribution in [-0.4, -0.2) is 31.7 Å². The third-order valence-electron chi connectivity index (χ3n) is 4.33. The van der Waals surface area contributed by atoms with E-state index in [-0.39, 0.29) is 18.5 Å². The summed E-state index contributed by atoms with van der Waals surface area (Å²) < 4.78 is 37.9. The molecule has 3 rings (SSSR count). The van der Waals surface area contributed by atoms with Crippen molar-refractivity contribution in [1.29, 1.82) is 0 Å². The summed E-state index contributed by atoms with van der Waals surface area (Å²) in [6.45, 7) is 0.0213. The third kappa shape index (κ3) is 3.66. The van der Waals surface area contributed by atoms with E-state index in [0.717, 1.165) is 12.1 Å². The number of methoxy groups -OCH3 is 2. The van der Waals surface area contributed by atoms with Crippen molar-refractivity contribution >= 4 is 16.8 Å². The molecule has 0 aliphatic carbocycles. The van der Waals surface area contributed by atoms with Gasteiger partial charge in [-0.25, -0.2) is 8.78 Å². The lowest BCUT2D eigenvalue weighted by Gasteiger charge is -2.11. The van der Waals surface area contributed by atoms with Crippen molar-refractivity contribution in [1.82, 2.24) is 10.3 Å². The van der Waals surface area contributed by atoms with Gasteiger partial charge in [0.25, 0.3) is 11.5 Å². The van der Waals surface area contributed by atoms with Crippen LogP contribution in [0.25, 0.3) is 10.9 Å². The lowest BCUT2D eigenvalue weighted by atomic mass is 10.1. The van der Waals surface area contributed by atoms with Crippen LogP contribution in [0.4, 0.5) is 8.78 Å². The summed E-state index contributed by atoms with van der Waals surface area (Å²) in [4.78, 5) is 27.2. The smallest absolute Gasteiger partial charge is 0.257 e. The maximum absolute atomic E-state index is 13.7. The molecule has 0 bridgehead atoms. The Balaban J connectivity index is 1.82. The standard InChI is InChI=1S/C20H18F2N2O4/c1-27-15-6-7-16(28-2)18-12(15)10-11(19(25)24-18)8-9-23-20(26)17-13(21)4-3-5-14(17)22/h3-7,10H,8-9H2,1-2H3,(H,23,26)(H,24,25). The normalized spacial score (nSPS) is 10.7. The fraction of sp³-hybridized carbons (Fsp3) is 0.200. The van der Waals surface area contributed by atoms with E-state index < -0.39 is 23.1 Å². The van der Waals surface area contributed by atoms with E-state index in [1.54, 1.807) is 18.2 Å². The summed E-state index contributed by atoms with van der Waals surface area (Å²) in [5.41, 5.74) is -0.131. The molecule has 0 atom stereocenters. The number of aromatic amines is 1. The third-order valence-corrected chi connectivity index (χ3v) is 4.33. The molecular formula is C20H18F2N2O4. The number of hydrogen-bond acceptors (Lipinski definition) is 4. The highest BCUT2D eigenvalue weighted by Gasteiger charge is 2.17. The lowest BCUT2D eigenvalue weighted by Crippen LogP contribution is -2.29. The van der Waals surface area contributed by atoms with Crippen LogP contribution in [0, 0.1) is 11.6 Å². The summed E-state index contributed by atoms with van der Waals surface area (Å²) >= 11 is 0. The highest BCUT2D eigenvalue weighted by Crippen LogP contribution is 2.31. The molecule has 8 heteroatoms. The first-order valence-electron chi connectivity index (χ1n) is 8.45. The second-order valence-electron chi connectivity index (χ2n) is 5.99. The number of hydrogen-bond donors (Lipinski definition) is 2. The largest absolute Gasteiger partial charge is 0.496 e. The number of amides is 1. The monoisotopic (exact) mass is 388 g/mol. The van der Waals surface area contributed by atoms with Gasteiger partial charge >= 0.3 is 0 Å². The van der Waals surface area contributed by atoms with Crippen molar-refractivity contribution in [2.75, 3.05) is 20.8 Å². The highest BCUT2D eigenvalue weighted by molar-refractivity contribution is 5.94. The zero-order valence-corrected chi connectivity index (χ0v) is 15.3. The molecule has 2 N–H and O–H groups in total. The zero-order chi connectivity index (χ0) is 20.3. The number of carbonyl (C=O) groups is 1. The van der Waals surface area contributed by atoms with Crippen molar-refractivity contribution in [3.05, 3.63) is 69.5 Å². The highest BCUT2D eigenvalue weighted by atomic mass is 19.1. The Hall–Kier alpha value is -3.42. The molecule has 0 aliphatic heterocycles. The van der Waals surface area contributed by atoms with Crippen molar-refractivity contribution in [2.45, 2.75) is 6.42 Å². The van der Waals surface area contributed by atoms with Crippen LogP contribution in [0.1, 0.15) is 15.9 Å². The molecular weight excluding hydrogens is 370 g/mol. The van der Waals surface area contributed by atoms with Gasteiger partial charge in [0.1, 0.15) is 28.7 Å². The summed E-state index contributed by atoms with van der Waals surface area (Å²) in [5.74, 6) is -1.74. The number of pyridine rings is 1. The van der Waals surface area contributed by atoms with Crippen molar-refractivity contribution < 1.29 is 23.0 Å². The molecule has 0 unspecified atom stereocenters. The number of carbonyl (C=O) groups excluding carboxylic acids is 1. The predicted molar refractivity (Wildman–Crippen MR) is 100 cm³/mol. The average molecular weight is 388 g/mol. The van der Waals surface area contributed by atoms with E-state index in [9.17, 15) is 18.4 Å². The van der Waals surface area contributed by atoms with Gasteiger partial charge in [0.2, 0.25) is 0 Å². The van der Waals surface area contributed by atoms with Crippen LogP contribution < -0.4 is 20.3 Å². The molecule has 0 saturated heterocycles. The van der Waals surface area contributed by atoms with Crippen LogP contribution in [0.2, 0.25) is 0 Å². The molecule has 0 aliphatic rings. The molecule has 6 nitrogen and oxygen atoms in total. The number of H-pyrrole nitrogens is 1. The second kappa shape index (κ2) is 8.08. The van der Waals surface area contributed by atoms with E-state index in [0.29, 0.717) is 28.0 Å². The van der Waals surface area contributed by atoms with Gasteiger partial charge in [-0.15, -0.1) is 0 Å². The fourth-order valence-corrected chi connectivity index (χ4v) is 2.93. The van der Waals surface area contributed by atoms with Crippen LogP contribution in [0.3, 0.4) is 0 Å². The minimum absolute atomic E-state index is 0.0213. The van der Waals surface area contributed by atoms with Gasteiger partial charge in [-0.1, -0.05) is 6.07 Å². The molecule has 0 fully saturated rings. The first-order chi connectivity index (χ1) is 13.5. The van der Waals surface area contributed by atoms with Crippen molar-refractivity contribution in [3.8, 4) is 11.5 Å². The number of ether oxygens (including phenoxy) is 2. The Kier molecular flexibility index (Phi) is 5.58. The molecule has 3 aromatic rings. The van der Waals surface area contributed by atoms with E-state index in [1.807, 2.05) is 0 Å². The fourth-order valence-electron chi connectivity index (χ4n) is 2.93. The van der Waals surface area contributed by atoms with E-state index >= 15 is 0 Å². The molecule has 0 spiro atoms. The Labute approximate surface area is 159 Å². The van der Waals surface area contributed by atoms with Gasteiger partial charge in [-0.3, -0.25) is 9.59 Å². The Morgan fingerprint density at radius 2 is 1.71 bits per heavy atom. The molecule has 1 amide bonds.